The van der Waals surface area contributed by atoms with E-state index in [-0.39, 0.29) is 30.1 Å². The maximum absolute atomic E-state index is 12.7. The number of nitrogens with one attached hydrogen (secondary N) is 1. The van der Waals surface area contributed by atoms with Gasteiger partial charge in [-0.05, 0) is 19.9 Å². The molecule has 0 unspecified atom stereocenters. The molecule has 0 spiro atoms. The van der Waals surface area contributed by atoms with E-state index < -0.39 is 22.9 Å². The van der Waals surface area contributed by atoms with Crippen molar-refractivity contribution >= 4 is 11.9 Å². The molecule has 1 N–H and O–H groups in total. The number of hydrogen-bond donors (Lipinski definition) is 1. The number of ether oxygens (including phenoxy) is 4. The Morgan fingerprint density at radius 1 is 1.03 bits per heavy atom. The molecular weight excluding hydrogens is 412 g/mol. The molecule has 1 aromatic carbocycles. The second kappa shape index (κ2) is 10.3. The lowest BCUT2D eigenvalue weighted by Gasteiger charge is -2.31. The Bertz CT molecular complexity index is 899. The summed E-state index contributed by atoms with van der Waals surface area (Å²) >= 11 is 0. The Balaban J connectivity index is 2.66. The van der Waals surface area contributed by atoms with E-state index >= 15 is 0 Å². The van der Waals surface area contributed by atoms with E-state index in [1.807, 2.05) is 0 Å². The summed E-state index contributed by atoms with van der Waals surface area (Å²) in [6.45, 7) is 2.87. The van der Waals surface area contributed by atoms with Crippen LogP contribution < -0.4 is 14.8 Å². The highest BCUT2D eigenvalue weighted by Gasteiger charge is 2.39. The minimum atomic E-state index is -0.928. The molecule has 2 rings (SSSR count). The van der Waals surface area contributed by atoms with Crippen molar-refractivity contribution in [1.82, 2.24) is 5.32 Å². The lowest BCUT2D eigenvalue weighted by molar-refractivity contribution is -0.757. The molecule has 0 fully saturated rings. The molecular formula is C20H24N2O9. The molecule has 0 aliphatic carbocycles. The van der Waals surface area contributed by atoms with Gasteiger partial charge in [0.1, 0.15) is 13.2 Å². The molecule has 0 amide bonds. The minimum absolute atomic E-state index is 0.175. The molecule has 1 heterocycles. The lowest BCUT2D eigenvalue weighted by Crippen LogP contribution is -2.32. The number of dihydropyridines is 1. The van der Waals surface area contributed by atoms with Crippen molar-refractivity contribution in [2.45, 2.75) is 19.8 Å². The van der Waals surface area contributed by atoms with E-state index in [9.17, 15) is 19.7 Å². The molecule has 0 bridgehead atoms. The average molecular weight is 436 g/mol. The Morgan fingerprint density at radius 2 is 1.61 bits per heavy atom. The third-order valence-corrected chi connectivity index (χ3v) is 4.64. The first-order chi connectivity index (χ1) is 14.8. The number of carbonyl (C=O) groups excluding carboxylic acids is 2. The van der Waals surface area contributed by atoms with Crippen LogP contribution in [0.4, 0.5) is 0 Å². The van der Waals surface area contributed by atoms with Crippen molar-refractivity contribution in [2.75, 3.05) is 34.5 Å². The zero-order valence-corrected chi connectivity index (χ0v) is 17.8. The SMILES string of the molecule is COC(=O)C1=C(C)NC(C)=C(C(=O)OC)C1c1cccc(OC)c1OCCO[N+](=O)[O-]. The van der Waals surface area contributed by atoms with Gasteiger partial charge in [-0.2, -0.15) is 0 Å². The van der Waals surface area contributed by atoms with Crippen molar-refractivity contribution in [2.24, 2.45) is 0 Å². The molecule has 1 aromatic rings. The highest BCUT2D eigenvalue weighted by Crippen LogP contribution is 2.45. The van der Waals surface area contributed by atoms with E-state index in [4.69, 9.17) is 18.9 Å². The van der Waals surface area contributed by atoms with Gasteiger partial charge >= 0.3 is 11.9 Å². The number of allylic oxidation sites excluding steroid dienone is 2. The Hall–Kier alpha value is -3.76. The number of benzene rings is 1. The van der Waals surface area contributed by atoms with Gasteiger partial charge < -0.3 is 29.1 Å². The van der Waals surface area contributed by atoms with Crippen LogP contribution in [-0.2, 0) is 23.9 Å². The van der Waals surface area contributed by atoms with Crippen LogP contribution >= 0.6 is 0 Å². The fraction of sp³-hybridized carbons (Fsp3) is 0.400. The first kappa shape index (κ1) is 23.5. The molecule has 31 heavy (non-hydrogen) atoms. The molecule has 0 saturated carbocycles. The second-order valence-electron chi connectivity index (χ2n) is 6.40. The topological polar surface area (TPSA) is 135 Å². The van der Waals surface area contributed by atoms with Crippen LogP contribution in [0, 0.1) is 10.1 Å². The van der Waals surface area contributed by atoms with E-state index in [2.05, 4.69) is 10.2 Å². The maximum atomic E-state index is 12.7. The van der Waals surface area contributed by atoms with Crippen LogP contribution in [0.2, 0.25) is 0 Å². The number of esters is 2. The lowest BCUT2D eigenvalue weighted by atomic mass is 9.80. The Kier molecular flexibility index (Phi) is 7.83. The highest BCUT2D eigenvalue weighted by molar-refractivity contribution is 6.00. The number of para-hydroxylation sites is 1. The summed E-state index contributed by atoms with van der Waals surface area (Å²) < 4.78 is 21.0. The fourth-order valence-corrected chi connectivity index (χ4v) is 3.40. The number of hydrogen-bond acceptors (Lipinski definition) is 10. The zero-order chi connectivity index (χ0) is 23.1. The number of methoxy groups -OCH3 is 3. The van der Waals surface area contributed by atoms with E-state index in [0.29, 0.717) is 22.7 Å². The van der Waals surface area contributed by atoms with Crippen LogP contribution in [0.1, 0.15) is 25.3 Å². The maximum Gasteiger partial charge on any atom is 0.336 e. The third-order valence-electron chi connectivity index (χ3n) is 4.64. The fourth-order valence-electron chi connectivity index (χ4n) is 3.40. The quantitative estimate of drug-likeness (QED) is 0.264. The van der Waals surface area contributed by atoms with Crippen LogP contribution in [0.15, 0.2) is 40.7 Å². The normalized spacial score (nSPS) is 14.0. The molecule has 168 valence electrons. The zero-order valence-electron chi connectivity index (χ0n) is 17.8. The van der Waals surface area contributed by atoms with E-state index in [0.717, 1.165) is 0 Å². The van der Waals surface area contributed by atoms with E-state index in [1.54, 1.807) is 32.0 Å². The summed E-state index contributed by atoms with van der Waals surface area (Å²) in [7, 11) is 3.90. The predicted molar refractivity (Wildman–Crippen MR) is 107 cm³/mol. The van der Waals surface area contributed by atoms with Gasteiger partial charge in [0, 0.05) is 17.0 Å². The van der Waals surface area contributed by atoms with Gasteiger partial charge in [0.2, 0.25) is 0 Å². The third kappa shape index (κ3) is 5.05. The van der Waals surface area contributed by atoms with Crippen LogP contribution in [0.25, 0.3) is 0 Å². The summed E-state index contributed by atoms with van der Waals surface area (Å²) in [5.74, 6) is -1.68. The number of rotatable bonds is 9. The van der Waals surface area contributed by atoms with Gasteiger partial charge in [0.05, 0.1) is 38.4 Å². The van der Waals surface area contributed by atoms with Crippen LogP contribution in [0.3, 0.4) is 0 Å². The first-order valence-corrected chi connectivity index (χ1v) is 9.18. The summed E-state index contributed by atoms with van der Waals surface area (Å²) in [5, 5.41) is 12.5. The largest absolute Gasteiger partial charge is 0.493 e. The second-order valence-corrected chi connectivity index (χ2v) is 6.40. The van der Waals surface area contributed by atoms with Crippen molar-refractivity contribution < 1.29 is 38.5 Å². The van der Waals surface area contributed by atoms with Crippen LogP contribution in [0.5, 0.6) is 11.5 Å². The Morgan fingerprint density at radius 3 is 2.10 bits per heavy atom. The first-order valence-electron chi connectivity index (χ1n) is 9.18. The number of nitrogens with zero attached hydrogens (tertiary/aromatic N) is 1. The molecule has 1 aliphatic heterocycles. The monoisotopic (exact) mass is 436 g/mol. The standard InChI is InChI=1S/C20H24N2O9/c1-11-15(19(23)28-4)17(16(12(2)21-11)20(24)29-5)13-7-6-8-14(27-3)18(13)30-9-10-31-22(25)26/h6-8,17,21H,9-10H2,1-5H3. The summed E-state index contributed by atoms with van der Waals surface area (Å²) in [5.41, 5.74) is 1.78. The van der Waals surface area contributed by atoms with Crippen molar-refractivity contribution in [3.8, 4) is 11.5 Å². The van der Waals surface area contributed by atoms with Gasteiger partial charge in [-0.25, -0.2) is 9.59 Å². The average Bonchev–Trinajstić information content (AvgIpc) is 2.74. The molecule has 0 saturated heterocycles. The highest BCUT2D eigenvalue weighted by atomic mass is 17.0. The van der Waals surface area contributed by atoms with Gasteiger partial charge in [-0.15, -0.1) is 10.1 Å². The van der Waals surface area contributed by atoms with E-state index in [1.165, 1.54) is 21.3 Å². The number of carbonyl (C=O) groups is 2. The van der Waals surface area contributed by atoms with Gasteiger partial charge in [0.25, 0.3) is 5.09 Å². The molecule has 11 nitrogen and oxygen atoms in total. The van der Waals surface area contributed by atoms with Crippen molar-refractivity contribution in [1.29, 1.82) is 0 Å². The molecule has 0 aromatic heterocycles. The Labute approximate surface area is 178 Å². The molecule has 0 radical (unpaired) electrons. The summed E-state index contributed by atoms with van der Waals surface area (Å²) in [6, 6.07) is 4.96. The molecule has 11 heteroatoms. The minimum Gasteiger partial charge on any atom is -0.493 e. The summed E-state index contributed by atoms with van der Waals surface area (Å²) in [4.78, 5) is 40.0. The van der Waals surface area contributed by atoms with Crippen molar-refractivity contribution in [3.63, 3.8) is 0 Å². The molecule has 0 atom stereocenters. The van der Waals surface area contributed by atoms with Gasteiger partial charge in [-0.1, -0.05) is 12.1 Å². The van der Waals surface area contributed by atoms with Gasteiger partial charge in [0.15, 0.2) is 11.5 Å². The van der Waals surface area contributed by atoms with Crippen LogP contribution in [-0.4, -0.2) is 51.6 Å². The molecule has 1 aliphatic rings. The van der Waals surface area contributed by atoms with Crippen molar-refractivity contribution in [3.05, 3.63) is 56.4 Å². The summed E-state index contributed by atoms with van der Waals surface area (Å²) in [6.07, 6.45) is 0. The predicted octanol–water partition coefficient (Wildman–Crippen LogP) is 1.86. The smallest absolute Gasteiger partial charge is 0.336 e. The van der Waals surface area contributed by atoms with Gasteiger partial charge in [-0.3, -0.25) is 0 Å².